The van der Waals surface area contributed by atoms with E-state index in [1.54, 1.807) is 19.1 Å². The fraction of sp³-hybridized carbons (Fsp3) is 0.444. The van der Waals surface area contributed by atoms with Crippen molar-refractivity contribution >= 4 is 17.7 Å². The second-order valence-electron chi connectivity index (χ2n) is 6.26. The summed E-state index contributed by atoms with van der Waals surface area (Å²) < 4.78 is 5.09. The van der Waals surface area contributed by atoms with E-state index in [9.17, 15) is 14.7 Å². The van der Waals surface area contributed by atoms with Gasteiger partial charge in [0, 0.05) is 44.1 Å². The predicted molar refractivity (Wildman–Crippen MR) is 97.0 cm³/mol. The minimum atomic E-state index is -0.391. The lowest BCUT2D eigenvalue weighted by molar-refractivity contribution is -0.138. The summed E-state index contributed by atoms with van der Waals surface area (Å²) in [6.07, 6.45) is 0. The van der Waals surface area contributed by atoms with Crippen molar-refractivity contribution in [3.8, 4) is 5.75 Å². The first kappa shape index (κ1) is 18.1. The monoisotopic (exact) mass is 360 g/mol. The van der Waals surface area contributed by atoms with Crippen LogP contribution in [0.25, 0.3) is 0 Å². The molecule has 1 aromatic rings. The molecule has 1 aromatic carbocycles. The highest BCUT2D eigenvalue weighted by atomic mass is 16.5. The van der Waals surface area contributed by atoms with Gasteiger partial charge in [-0.15, -0.1) is 0 Å². The lowest BCUT2D eigenvalue weighted by Crippen LogP contribution is -2.51. The highest BCUT2D eigenvalue weighted by Crippen LogP contribution is 2.20. The molecular formula is C18H24N4O4. The van der Waals surface area contributed by atoms with Crippen LogP contribution in [-0.4, -0.2) is 67.9 Å². The average Bonchev–Trinajstić information content (AvgIpc) is 2.63. The molecule has 26 heavy (non-hydrogen) atoms. The maximum Gasteiger partial charge on any atom is 0.337 e. The molecule has 8 nitrogen and oxygen atoms in total. The molecule has 0 radical (unpaired) electrons. The molecule has 0 unspecified atom stereocenters. The van der Waals surface area contributed by atoms with Crippen LogP contribution in [0.5, 0.6) is 5.75 Å². The van der Waals surface area contributed by atoms with Gasteiger partial charge in [0.1, 0.15) is 5.75 Å². The number of hydrogen-bond acceptors (Lipinski definition) is 6. The number of phenolic OH excluding ortho intramolecular Hbond substituents is 1. The number of nitrogens with one attached hydrogen (secondary N) is 2. The van der Waals surface area contributed by atoms with E-state index < -0.39 is 5.97 Å². The van der Waals surface area contributed by atoms with Crippen LogP contribution < -0.4 is 15.5 Å². The van der Waals surface area contributed by atoms with Gasteiger partial charge in [-0.3, -0.25) is 4.90 Å². The van der Waals surface area contributed by atoms with E-state index in [-0.39, 0.29) is 18.3 Å². The third-order valence-corrected chi connectivity index (χ3v) is 4.55. The van der Waals surface area contributed by atoms with Gasteiger partial charge in [0.15, 0.2) is 0 Å². The Morgan fingerprint density at radius 3 is 2.54 bits per heavy atom. The van der Waals surface area contributed by atoms with Crippen molar-refractivity contribution in [2.75, 3.05) is 50.8 Å². The maximum absolute atomic E-state index is 12.1. The number of amides is 2. The van der Waals surface area contributed by atoms with Gasteiger partial charge < -0.3 is 25.4 Å². The molecule has 3 N–H and O–H groups in total. The topological polar surface area (TPSA) is 94.1 Å². The van der Waals surface area contributed by atoms with Crippen LogP contribution in [0.15, 0.2) is 35.5 Å². The minimum absolute atomic E-state index is 0.188. The zero-order chi connectivity index (χ0) is 18.5. The fourth-order valence-corrected chi connectivity index (χ4v) is 3.13. The van der Waals surface area contributed by atoms with Crippen molar-refractivity contribution in [1.29, 1.82) is 0 Å². The van der Waals surface area contributed by atoms with Crippen LogP contribution >= 0.6 is 0 Å². The molecule has 1 saturated heterocycles. The molecule has 0 spiro atoms. The zero-order valence-corrected chi connectivity index (χ0v) is 14.8. The number of carbonyl (C=O) groups excluding carboxylic acids is 2. The molecule has 2 aliphatic rings. The summed E-state index contributed by atoms with van der Waals surface area (Å²) in [5.41, 5.74) is 2.17. The number of ether oxygens (including phenoxy) is 1. The predicted octanol–water partition coefficient (Wildman–Crippen LogP) is 0.644. The Balaban J connectivity index is 1.62. The second-order valence-corrected chi connectivity index (χ2v) is 6.26. The van der Waals surface area contributed by atoms with Crippen molar-refractivity contribution in [1.82, 2.24) is 15.5 Å². The average molecular weight is 360 g/mol. The highest BCUT2D eigenvalue weighted by molar-refractivity contribution is 5.93. The molecule has 2 amide bonds. The number of piperazine rings is 1. The number of benzene rings is 1. The minimum Gasteiger partial charge on any atom is -0.508 e. The molecular weight excluding hydrogens is 336 g/mol. The summed E-state index contributed by atoms with van der Waals surface area (Å²) in [6, 6.07) is 6.88. The van der Waals surface area contributed by atoms with Gasteiger partial charge in [-0.05, 0) is 31.2 Å². The molecule has 3 rings (SSSR count). The molecule has 2 heterocycles. The van der Waals surface area contributed by atoms with E-state index in [1.165, 1.54) is 0 Å². The third-order valence-electron chi connectivity index (χ3n) is 4.55. The maximum atomic E-state index is 12.1. The lowest BCUT2D eigenvalue weighted by Gasteiger charge is -2.37. The van der Waals surface area contributed by atoms with Gasteiger partial charge in [0.25, 0.3) is 0 Å². The summed E-state index contributed by atoms with van der Waals surface area (Å²) in [5, 5.41) is 14.8. The second kappa shape index (κ2) is 8.09. The quantitative estimate of drug-likeness (QED) is 0.668. The molecule has 0 atom stereocenters. The molecule has 0 saturated carbocycles. The van der Waals surface area contributed by atoms with Crippen LogP contribution in [0.3, 0.4) is 0 Å². The first-order valence-corrected chi connectivity index (χ1v) is 8.77. The van der Waals surface area contributed by atoms with Crippen LogP contribution in [0.2, 0.25) is 0 Å². The van der Waals surface area contributed by atoms with Gasteiger partial charge in [-0.2, -0.15) is 0 Å². The normalized spacial score (nSPS) is 18.3. The summed E-state index contributed by atoms with van der Waals surface area (Å²) in [5.74, 6) is -0.134. The molecule has 140 valence electrons. The number of rotatable bonds is 5. The van der Waals surface area contributed by atoms with E-state index in [1.807, 2.05) is 12.1 Å². The molecule has 8 heteroatoms. The van der Waals surface area contributed by atoms with Crippen LogP contribution in [-0.2, 0) is 9.53 Å². The number of aromatic hydroxyl groups is 1. The van der Waals surface area contributed by atoms with Crippen LogP contribution in [0.4, 0.5) is 10.5 Å². The van der Waals surface area contributed by atoms with Crippen LogP contribution in [0, 0.1) is 0 Å². The van der Waals surface area contributed by atoms with E-state index >= 15 is 0 Å². The van der Waals surface area contributed by atoms with Crippen molar-refractivity contribution in [2.24, 2.45) is 0 Å². The van der Waals surface area contributed by atoms with Crippen molar-refractivity contribution in [2.45, 2.75) is 6.92 Å². The Hall–Kier alpha value is -2.74. The van der Waals surface area contributed by atoms with Crippen molar-refractivity contribution < 1.29 is 19.4 Å². The van der Waals surface area contributed by atoms with Crippen LogP contribution in [0.1, 0.15) is 6.92 Å². The summed E-state index contributed by atoms with van der Waals surface area (Å²) in [7, 11) is 0. The Morgan fingerprint density at radius 1 is 1.19 bits per heavy atom. The first-order chi connectivity index (χ1) is 12.6. The third kappa shape index (κ3) is 4.26. The fourth-order valence-electron chi connectivity index (χ4n) is 3.13. The van der Waals surface area contributed by atoms with Gasteiger partial charge in [-0.25, -0.2) is 9.59 Å². The standard InChI is InChI=1S/C18H24N4O4/c1-2-26-17(24)15-11-19-18(25)20-16(15)12-21-7-9-22(10-8-21)13-3-5-14(23)6-4-13/h3-6,23H,2,7-12H2,1H3,(H2,19,20,25). The Kier molecular flexibility index (Phi) is 5.62. The summed E-state index contributed by atoms with van der Waals surface area (Å²) in [6.45, 7) is 6.04. The number of hydrogen-bond donors (Lipinski definition) is 3. The number of anilines is 1. The van der Waals surface area contributed by atoms with Gasteiger partial charge in [0.2, 0.25) is 0 Å². The molecule has 0 aliphatic carbocycles. The molecule has 1 fully saturated rings. The van der Waals surface area contributed by atoms with E-state index in [2.05, 4.69) is 20.4 Å². The Morgan fingerprint density at radius 2 is 1.88 bits per heavy atom. The first-order valence-electron chi connectivity index (χ1n) is 8.77. The van der Waals surface area contributed by atoms with E-state index in [0.717, 1.165) is 31.9 Å². The summed E-state index contributed by atoms with van der Waals surface area (Å²) in [4.78, 5) is 28.2. The van der Waals surface area contributed by atoms with Crippen molar-refractivity contribution in [3.63, 3.8) is 0 Å². The largest absolute Gasteiger partial charge is 0.508 e. The Bertz CT molecular complexity index is 694. The molecule has 0 aromatic heterocycles. The number of phenols is 1. The van der Waals surface area contributed by atoms with Gasteiger partial charge in [0.05, 0.1) is 18.7 Å². The van der Waals surface area contributed by atoms with E-state index in [0.29, 0.717) is 24.4 Å². The van der Waals surface area contributed by atoms with Crippen molar-refractivity contribution in [3.05, 3.63) is 35.5 Å². The highest BCUT2D eigenvalue weighted by Gasteiger charge is 2.26. The Labute approximate surface area is 152 Å². The molecule has 0 bridgehead atoms. The number of carbonyl (C=O) groups is 2. The summed E-state index contributed by atoms with van der Waals surface area (Å²) >= 11 is 0. The SMILES string of the molecule is CCOC(=O)C1=C(CN2CCN(c3ccc(O)cc3)CC2)NC(=O)NC1. The van der Waals surface area contributed by atoms with E-state index in [4.69, 9.17) is 4.74 Å². The lowest BCUT2D eigenvalue weighted by atomic mass is 10.1. The smallest absolute Gasteiger partial charge is 0.337 e. The number of esters is 1. The number of nitrogens with zero attached hydrogens (tertiary/aromatic N) is 2. The number of urea groups is 1. The van der Waals surface area contributed by atoms with Gasteiger partial charge in [-0.1, -0.05) is 0 Å². The van der Waals surface area contributed by atoms with Gasteiger partial charge >= 0.3 is 12.0 Å². The zero-order valence-electron chi connectivity index (χ0n) is 14.8. The molecule has 2 aliphatic heterocycles.